The van der Waals surface area contributed by atoms with E-state index >= 15 is 0 Å². The van der Waals surface area contributed by atoms with Gasteiger partial charge in [0.15, 0.2) is 0 Å². The molecule has 0 aromatic heterocycles. The largest absolute Gasteiger partial charge is 0.263 e. The standard InChI is InChI=1S/C22H18ClN3/c23-20-13-11-18(12-14-20)21-15-22(19-9-5-2-6-10-19)26(25-24-21)16-17-7-3-1-4-8-17/h1-15,22H,16H2. The zero-order valence-corrected chi connectivity index (χ0v) is 14.9. The van der Waals surface area contributed by atoms with E-state index in [0.29, 0.717) is 11.6 Å². The molecule has 1 aliphatic rings. The van der Waals surface area contributed by atoms with Crippen molar-refractivity contribution in [2.45, 2.75) is 12.6 Å². The van der Waals surface area contributed by atoms with Crippen LogP contribution >= 0.6 is 11.6 Å². The summed E-state index contributed by atoms with van der Waals surface area (Å²) in [4.78, 5) is 0. The predicted molar refractivity (Wildman–Crippen MR) is 105 cm³/mol. The third-order valence-corrected chi connectivity index (χ3v) is 4.62. The van der Waals surface area contributed by atoms with E-state index in [1.165, 1.54) is 11.1 Å². The molecule has 0 N–H and O–H groups in total. The summed E-state index contributed by atoms with van der Waals surface area (Å²) in [5, 5.41) is 11.7. The average molecular weight is 360 g/mol. The van der Waals surface area contributed by atoms with Gasteiger partial charge in [-0.15, -0.1) is 5.11 Å². The van der Waals surface area contributed by atoms with Gasteiger partial charge in [0, 0.05) is 10.6 Å². The average Bonchev–Trinajstić information content (AvgIpc) is 2.70. The summed E-state index contributed by atoms with van der Waals surface area (Å²) in [7, 11) is 0. The molecule has 0 amide bonds. The summed E-state index contributed by atoms with van der Waals surface area (Å²) in [6.07, 6.45) is 2.16. The van der Waals surface area contributed by atoms with E-state index in [9.17, 15) is 0 Å². The van der Waals surface area contributed by atoms with Crippen LogP contribution in [0.15, 0.2) is 101 Å². The Bertz CT molecular complexity index is 919. The Morgan fingerprint density at radius 3 is 2.15 bits per heavy atom. The number of rotatable bonds is 4. The maximum atomic E-state index is 6.01. The maximum absolute atomic E-state index is 6.01. The van der Waals surface area contributed by atoms with E-state index in [2.05, 4.69) is 52.8 Å². The Kier molecular flexibility index (Phi) is 4.80. The second kappa shape index (κ2) is 7.54. The Labute approximate surface area is 158 Å². The Morgan fingerprint density at radius 1 is 0.808 bits per heavy atom. The molecule has 0 radical (unpaired) electrons. The maximum Gasteiger partial charge on any atom is 0.0946 e. The minimum absolute atomic E-state index is 0.0274. The van der Waals surface area contributed by atoms with E-state index < -0.39 is 0 Å². The zero-order chi connectivity index (χ0) is 17.8. The first-order chi connectivity index (χ1) is 12.8. The smallest absolute Gasteiger partial charge is 0.0946 e. The lowest BCUT2D eigenvalue weighted by molar-refractivity contribution is 0.211. The summed E-state index contributed by atoms with van der Waals surface area (Å²) < 4.78 is 0. The minimum Gasteiger partial charge on any atom is -0.263 e. The molecule has 1 unspecified atom stereocenters. The van der Waals surface area contributed by atoms with Crippen LogP contribution in [0.1, 0.15) is 22.7 Å². The van der Waals surface area contributed by atoms with Crippen molar-refractivity contribution in [1.82, 2.24) is 5.01 Å². The topological polar surface area (TPSA) is 28.0 Å². The minimum atomic E-state index is 0.0274. The van der Waals surface area contributed by atoms with E-state index in [0.717, 1.165) is 11.3 Å². The molecule has 3 aromatic rings. The molecule has 4 heteroatoms. The van der Waals surface area contributed by atoms with Crippen LogP contribution in [0.25, 0.3) is 5.70 Å². The summed E-state index contributed by atoms with van der Waals surface area (Å²) >= 11 is 6.01. The van der Waals surface area contributed by atoms with Gasteiger partial charge in [-0.3, -0.25) is 5.01 Å². The molecular weight excluding hydrogens is 342 g/mol. The van der Waals surface area contributed by atoms with Gasteiger partial charge < -0.3 is 0 Å². The van der Waals surface area contributed by atoms with E-state index in [1.807, 2.05) is 53.5 Å². The van der Waals surface area contributed by atoms with Gasteiger partial charge in [0.25, 0.3) is 0 Å². The van der Waals surface area contributed by atoms with Gasteiger partial charge in [0.05, 0.1) is 18.3 Å². The van der Waals surface area contributed by atoms with Crippen molar-refractivity contribution in [2.24, 2.45) is 10.3 Å². The van der Waals surface area contributed by atoms with Crippen LogP contribution in [0.3, 0.4) is 0 Å². The van der Waals surface area contributed by atoms with E-state index in [4.69, 9.17) is 11.6 Å². The van der Waals surface area contributed by atoms with Crippen LogP contribution in [0.2, 0.25) is 5.02 Å². The summed E-state index contributed by atoms with van der Waals surface area (Å²) in [6, 6.07) is 28.4. The molecule has 128 valence electrons. The van der Waals surface area contributed by atoms with Gasteiger partial charge in [-0.2, -0.15) is 0 Å². The van der Waals surface area contributed by atoms with Crippen LogP contribution in [0.4, 0.5) is 0 Å². The van der Waals surface area contributed by atoms with Gasteiger partial charge in [0.1, 0.15) is 0 Å². The van der Waals surface area contributed by atoms with Crippen molar-refractivity contribution >= 4 is 17.3 Å². The summed E-state index contributed by atoms with van der Waals surface area (Å²) in [5.41, 5.74) is 4.27. The molecule has 4 rings (SSSR count). The van der Waals surface area contributed by atoms with Gasteiger partial charge in [0.2, 0.25) is 0 Å². The molecule has 0 bridgehead atoms. The van der Waals surface area contributed by atoms with Gasteiger partial charge in [-0.05, 0) is 29.3 Å². The molecule has 1 heterocycles. The van der Waals surface area contributed by atoms with Crippen LogP contribution < -0.4 is 0 Å². The number of halogens is 1. The zero-order valence-electron chi connectivity index (χ0n) is 14.2. The third kappa shape index (κ3) is 3.68. The van der Waals surface area contributed by atoms with Crippen molar-refractivity contribution in [2.75, 3.05) is 0 Å². The first kappa shape index (κ1) is 16.6. The number of hydrogen-bond donors (Lipinski definition) is 0. The predicted octanol–water partition coefficient (Wildman–Crippen LogP) is 6.31. The molecule has 3 aromatic carbocycles. The highest BCUT2D eigenvalue weighted by atomic mass is 35.5. The van der Waals surface area contributed by atoms with Crippen LogP contribution in [0, 0.1) is 0 Å². The molecule has 0 saturated carbocycles. The number of nitrogens with zero attached hydrogens (tertiary/aromatic N) is 3. The quantitative estimate of drug-likeness (QED) is 0.536. The highest BCUT2D eigenvalue weighted by Gasteiger charge is 2.22. The highest BCUT2D eigenvalue weighted by molar-refractivity contribution is 6.30. The SMILES string of the molecule is Clc1ccc(C2=CC(c3ccccc3)N(Cc3ccccc3)N=N2)cc1. The van der Waals surface area contributed by atoms with Crippen LogP contribution in [-0.2, 0) is 6.54 Å². The lowest BCUT2D eigenvalue weighted by Gasteiger charge is -2.29. The molecule has 0 fully saturated rings. The fraction of sp³-hybridized carbons (Fsp3) is 0.0909. The van der Waals surface area contributed by atoms with Crippen molar-refractivity contribution in [1.29, 1.82) is 0 Å². The summed E-state index contributed by atoms with van der Waals surface area (Å²) in [6.45, 7) is 0.703. The Balaban J connectivity index is 1.68. The molecule has 3 nitrogen and oxygen atoms in total. The van der Waals surface area contributed by atoms with Crippen molar-refractivity contribution in [3.05, 3.63) is 113 Å². The molecule has 26 heavy (non-hydrogen) atoms. The normalized spacial score (nSPS) is 16.4. The van der Waals surface area contributed by atoms with E-state index in [-0.39, 0.29) is 6.04 Å². The van der Waals surface area contributed by atoms with E-state index in [1.54, 1.807) is 0 Å². The molecule has 1 aliphatic heterocycles. The second-order valence-electron chi connectivity index (χ2n) is 6.19. The summed E-state index contributed by atoms with van der Waals surface area (Å²) in [5.74, 6) is 0. The number of hydrogen-bond acceptors (Lipinski definition) is 3. The van der Waals surface area contributed by atoms with Crippen molar-refractivity contribution < 1.29 is 0 Å². The van der Waals surface area contributed by atoms with Gasteiger partial charge >= 0.3 is 0 Å². The lowest BCUT2D eigenvalue weighted by atomic mass is 10.0. The second-order valence-corrected chi connectivity index (χ2v) is 6.62. The third-order valence-electron chi connectivity index (χ3n) is 4.37. The fourth-order valence-corrected chi connectivity index (χ4v) is 3.15. The van der Waals surface area contributed by atoms with Crippen molar-refractivity contribution in [3.63, 3.8) is 0 Å². The molecule has 0 aliphatic carbocycles. The molecule has 1 atom stereocenters. The van der Waals surface area contributed by atoms with Crippen LogP contribution in [0.5, 0.6) is 0 Å². The van der Waals surface area contributed by atoms with Crippen LogP contribution in [-0.4, -0.2) is 5.01 Å². The Hall–Kier alpha value is -2.91. The highest BCUT2D eigenvalue weighted by Crippen LogP contribution is 2.33. The molecule has 0 saturated heterocycles. The molecular formula is C22H18ClN3. The monoisotopic (exact) mass is 359 g/mol. The fourth-order valence-electron chi connectivity index (χ4n) is 3.02. The molecule has 0 spiro atoms. The van der Waals surface area contributed by atoms with Gasteiger partial charge in [-0.1, -0.05) is 89.6 Å². The first-order valence-corrected chi connectivity index (χ1v) is 8.92. The lowest BCUT2D eigenvalue weighted by Crippen LogP contribution is -2.23. The van der Waals surface area contributed by atoms with Crippen molar-refractivity contribution in [3.8, 4) is 0 Å². The Morgan fingerprint density at radius 2 is 1.46 bits per heavy atom. The first-order valence-electron chi connectivity index (χ1n) is 8.54. The number of benzene rings is 3. The van der Waals surface area contributed by atoms with Gasteiger partial charge in [-0.25, -0.2) is 0 Å².